The molecule has 3 aromatic carbocycles. The van der Waals surface area contributed by atoms with E-state index in [1.807, 2.05) is 29.2 Å². The molecule has 0 bridgehead atoms. The van der Waals surface area contributed by atoms with E-state index in [-0.39, 0.29) is 16.1 Å². The molecule has 2 N–H and O–H groups in total. The number of carboxylic acids is 1. The molecule has 8 nitrogen and oxygen atoms in total. The second kappa shape index (κ2) is 9.60. The molecule has 34 heavy (non-hydrogen) atoms. The second-order valence-corrected chi connectivity index (χ2v) is 9.42. The third-order valence-electron chi connectivity index (χ3n) is 5.66. The number of hydrogen-bond acceptors (Lipinski definition) is 6. The van der Waals surface area contributed by atoms with E-state index in [4.69, 9.17) is 4.74 Å². The van der Waals surface area contributed by atoms with Crippen molar-refractivity contribution in [3.05, 3.63) is 78.1 Å². The van der Waals surface area contributed by atoms with Gasteiger partial charge in [-0.2, -0.15) is 0 Å². The van der Waals surface area contributed by atoms with E-state index in [0.29, 0.717) is 31.9 Å². The molecule has 0 unspecified atom stereocenters. The fourth-order valence-corrected chi connectivity index (χ4v) is 4.99. The predicted molar refractivity (Wildman–Crippen MR) is 128 cm³/mol. The van der Waals surface area contributed by atoms with Gasteiger partial charge in [0.05, 0.1) is 34.6 Å². The first-order valence-electron chi connectivity index (χ1n) is 10.6. The lowest BCUT2D eigenvalue weighted by atomic mass is 10.1. The second-order valence-electron chi connectivity index (χ2n) is 7.74. The van der Waals surface area contributed by atoms with Gasteiger partial charge in [-0.15, -0.1) is 0 Å². The quantitative estimate of drug-likeness (QED) is 0.527. The first kappa shape index (κ1) is 23.4. The number of methoxy groups -OCH3 is 1. The summed E-state index contributed by atoms with van der Waals surface area (Å²) < 4.78 is 47.0. The average molecular weight is 486 g/mol. The Balaban J connectivity index is 1.60. The molecule has 0 saturated carbocycles. The summed E-state index contributed by atoms with van der Waals surface area (Å²) in [6.07, 6.45) is 0. The van der Waals surface area contributed by atoms with Gasteiger partial charge in [-0.1, -0.05) is 12.1 Å². The fourth-order valence-electron chi connectivity index (χ4n) is 3.92. The predicted octanol–water partition coefficient (Wildman–Crippen LogP) is 3.66. The van der Waals surface area contributed by atoms with Crippen molar-refractivity contribution in [2.75, 3.05) is 47.8 Å². The highest BCUT2D eigenvalue weighted by atomic mass is 32.2. The van der Waals surface area contributed by atoms with Crippen LogP contribution in [0.4, 0.5) is 21.5 Å². The number of para-hydroxylation sites is 2. The van der Waals surface area contributed by atoms with E-state index in [2.05, 4.69) is 9.62 Å². The van der Waals surface area contributed by atoms with Crippen LogP contribution in [0.3, 0.4) is 0 Å². The Morgan fingerprint density at radius 2 is 1.56 bits per heavy atom. The number of benzene rings is 3. The highest BCUT2D eigenvalue weighted by molar-refractivity contribution is 7.92. The first-order valence-corrected chi connectivity index (χ1v) is 12.1. The number of hydrogen-bond donors (Lipinski definition) is 2. The van der Waals surface area contributed by atoms with Crippen LogP contribution >= 0.6 is 0 Å². The van der Waals surface area contributed by atoms with Gasteiger partial charge in [0, 0.05) is 26.2 Å². The van der Waals surface area contributed by atoms with Crippen molar-refractivity contribution in [3.63, 3.8) is 0 Å². The summed E-state index contributed by atoms with van der Waals surface area (Å²) in [4.78, 5) is 15.6. The fraction of sp³-hybridized carbons (Fsp3) is 0.208. The lowest BCUT2D eigenvalue weighted by molar-refractivity contribution is 0.0697. The Bertz CT molecular complexity index is 1290. The normalized spacial score (nSPS) is 14.1. The van der Waals surface area contributed by atoms with E-state index in [1.54, 1.807) is 13.2 Å². The van der Waals surface area contributed by atoms with Gasteiger partial charge in [0.25, 0.3) is 10.0 Å². The van der Waals surface area contributed by atoms with E-state index in [0.717, 1.165) is 35.7 Å². The van der Waals surface area contributed by atoms with Crippen molar-refractivity contribution >= 4 is 33.1 Å². The highest BCUT2D eigenvalue weighted by Gasteiger charge is 2.24. The number of aromatic carboxylic acids is 1. The molecule has 0 aromatic heterocycles. The molecule has 0 amide bonds. The van der Waals surface area contributed by atoms with Crippen molar-refractivity contribution in [1.29, 1.82) is 0 Å². The van der Waals surface area contributed by atoms with Crippen LogP contribution in [0.15, 0.2) is 71.6 Å². The molecule has 1 heterocycles. The van der Waals surface area contributed by atoms with Gasteiger partial charge in [-0.3, -0.25) is 4.72 Å². The maximum Gasteiger partial charge on any atom is 0.335 e. The third-order valence-corrected chi connectivity index (χ3v) is 7.04. The average Bonchev–Trinajstić information content (AvgIpc) is 2.84. The summed E-state index contributed by atoms with van der Waals surface area (Å²) in [5.74, 6) is -0.954. The monoisotopic (exact) mass is 485 g/mol. The molecule has 1 saturated heterocycles. The number of nitrogens with zero attached hydrogens (tertiary/aromatic N) is 2. The van der Waals surface area contributed by atoms with Gasteiger partial charge in [-0.25, -0.2) is 17.6 Å². The van der Waals surface area contributed by atoms with Crippen LogP contribution in [0.1, 0.15) is 10.4 Å². The molecule has 1 fully saturated rings. The molecule has 0 atom stereocenters. The Kier molecular flexibility index (Phi) is 6.60. The Morgan fingerprint density at radius 1 is 0.941 bits per heavy atom. The van der Waals surface area contributed by atoms with Crippen LogP contribution in [0.5, 0.6) is 5.75 Å². The minimum atomic E-state index is -4.06. The number of ether oxygens (including phenoxy) is 1. The van der Waals surface area contributed by atoms with Crippen molar-refractivity contribution in [1.82, 2.24) is 0 Å². The van der Waals surface area contributed by atoms with E-state index in [1.165, 1.54) is 12.1 Å². The van der Waals surface area contributed by atoms with Crippen LogP contribution in [0.2, 0.25) is 0 Å². The van der Waals surface area contributed by atoms with Gasteiger partial charge in [-0.05, 0) is 54.6 Å². The van der Waals surface area contributed by atoms with Crippen LogP contribution in [-0.4, -0.2) is 52.8 Å². The number of nitrogens with one attached hydrogen (secondary N) is 1. The molecule has 0 spiro atoms. The van der Waals surface area contributed by atoms with Crippen LogP contribution in [0.25, 0.3) is 0 Å². The summed E-state index contributed by atoms with van der Waals surface area (Å²) in [6.45, 7) is 2.47. The number of halogens is 1. The van der Waals surface area contributed by atoms with Crippen LogP contribution in [-0.2, 0) is 10.0 Å². The van der Waals surface area contributed by atoms with Gasteiger partial charge in [0.15, 0.2) is 0 Å². The zero-order valence-electron chi connectivity index (χ0n) is 18.4. The van der Waals surface area contributed by atoms with E-state index >= 15 is 0 Å². The number of piperazine rings is 1. The Labute approximate surface area is 197 Å². The van der Waals surface area contributed by atoms with Gasteiger partial charge in [0.2, 0.25) is 0 Å². The Morgan fingerprint density at radius 3 is 2.18 bits per heavy atom. The molecule has 178 valence electrons. The van der Waals surface area contributed by atoms with Gasteiger partial charge in [0.1, 0.15) is 11.6 Å². The number of carbonyl (C=O) groups is 1. The number of sulfonamides is 1. The summed E-state index contributed by atoms with van der Waals surface area (Å²) in [7, 11) is -2.44. The number of carboxylic acid groups (broad SMARTS) is 1. The zero-order valence-corrected chi connectivity index (χ0v) is 19.3. The standard InChI is InChI=1S/C24H24FN3O5S/c1-33-23-5-3-2-4-22(23)28-14-12-27(13-15-28)21-11-6-17(24(29)30)16-20(21)26-34(31,32)19-9-7-18(25)8-10-19/h2-11,16,26H,12-15H2,1H3,(H,29,30). The minimum Gasteiger partial charge on any atom is -0.495 e. The van der Waals surface area contributed by atoms with Gasteiger partial charge >= 0.3 is 5.97 Å². The maximum atomic E-state index is 13.3. The molecular formula is C24H24FN3O5S. The molecule has 1 aliphatic heterocycles. The molecule has 3 aromatic rings. The smallest absolute Gasteiger partial charge is 0.335 e. The molecule has 10 heteroatoms. The van der Waals surface area contributed by atoms with Crippen LogP contribution in [0, 0.1) is 5.82 Å². The van der Waals surface area contributed by atoms with Crippen molar-refractivity contribution in [3.8, 4) is 5.75 Å². The molecule has 0 radical (unpaired) electrons. The first-order chi connectivity index (χ1) is 16.3. The summed E-state index contributed by atoms with van der Waals surface area (Å²) in [5, 5.41) is 9.42. The largest absolute Gasteiger partial charge is 0.495 e. The van der Waals surface area contributed by atoms with E-state index < -0.39 is 21.8 Å². The highest BCUT2D eigenvalue weighted by Crippen LogP contribution is 2.33. The summed E-state index contributed by atoms with van der Waals surface area (Å²) in [5.41, 5.74) is 1.64. The number of anilines is 3. The summed E-state index contributed by atoms with van der Waals surface area (Å²) >= 11 is 0. The third kappa shape index (κ3) is 4.91. The molecule has 1 aliphatic rings. The Hall–Kier alpha value is -3.79. The zero-order chi connectivity index (χ0) is 24.3. The molecular weight excluding hydrogens is 461 g/mol. The summed E-state index contributed by atoms with van der Waals surface area (Å²) in [6, 6.07) is 16.5. The lowest BCUT2D eigenvalue weighted by Crippen LogP contribution is -2.46. The van der Waals surface area contributed by atoms with Crippen LogP contribution < -0.4 is 19.3 Å². The maximum absolute atomic E-state index is 13.3. The lowest BCUT2D eigenvalue weighted by Gasteiger charge is -2.38. The topological polar surface area (TPSA) is 99.2 Å². The SMILES string of the molecule is COc1ccccc1N1CCN(c2ccc(C(=O)O)cc2NS(=O)(=O)c2ccc(F)cc2)CC1. The minimum absolute atomic E-state index is 0.0479. The molecule has 0 aliphatic carbocycles. The van der Waals surface area contributed by atoms with Crippen molar-refractivity contribution < 1.29 is 27.4 Å². The van der Waals surface area contributed by atoms with Crippen molar-refractivity contribution in [2.24, 2.45) is 0 Å². The number of rotatable bonds is 7. The van der Waals surface area contributed by atoms with Gasteiger partial charge < -0.3 is 19.6 Å². The van der Waals surface area contributed by atoms with E-state index in [9.17, 15) is 22.7 Å². The molecule has 4 rings (SSSR count). The van der Waals surface area contributed by atoms with Crippen molar-refractivity contribution in [2.45, 2.75) is 4.90 Å².